The van der Waals surface area contributed by atoms with E-state index in [1.807, 2.05) is 48.5 Å². The lowest BCUT2D eigenvalue weighted by Crippen LogP contribution is -2.52. The first-order chi connectivity index (χ1) is 67.4. The Labute approximate surface area is 832 Å². The number of sulfone groups is 4. The number of ether oxygens (including phenoxy) is 8. The zero-order valence-electron chi connectivity index (χ0n) is 82.4. The van der Waals surface area contributed by atoms with Crippen LogP contribution < -0.4 is 29.2 Å². The van der Waals surface area contributed by atoms with Gasteiger partial charge in [-0.2, -0.15) is 0 Å². The lowest BCUT2D eigenvalue weighted by molar-refractivity contribution is -0.201. The zero-order chi connectivity index (χ0) is 106. The Bertz CT molecular complexity index is 6120. The second-order valence-corrected chi connectivity index (χ2v) is 41.3. The Balaban J connectivity index is 0.000000438. The van der Waals surface area contributed by atoms with Crippen LogP contribution in [0.15, 0.2) is 179 Å². The third-order valence-corrected chi connectivity index (χ3v) is 28.9. The van der Waals surface area contributed by atoms with Crippen LogP contribution in [-0.4, -0.2) is 242 Å². The number of aldehydes is 2. The van der Waals surface area contributed by atoms with Gasteiger partial charge < -0.3 is 72.9 Å². The Kier molecular flexibility index (Phi) is 54.1. The molecule has 0 spiro atoms. The monoisotopic (exact) mass is 2040 g/mol. The zero-order valence-corrected chi connectivity index (χ0v) is 85.7. The van der Waals surface area contributed by atoms with E-state index in [0.29, 0.717) is 111 Å². The molecule has 4 aliphatic rings. The summed E-state index contributed by atoms with van der Waals surface area (Å²) < 4.78 is 131. The summed E-state index contributed by atoms with van der Waals surface area (Å²) in [5.74, 6) is 32.8. The fourth-order valence-corrected chi connectivity index (χ4v) is 15.4. The number of esters is 2. The number of hydrogen-bond acceptors (Lipinski definition) is 33. The van der Waals surface area contributed by atoms with Gasteiger partial charge in [0.25, 0.3) is 5.91 Å². The normalized spacial score (nSPS) is 16.2. The van der Waals surface area contributed by atoms with Gasteiger partial charge in [0, 0.05) is 87.7 Å². The molecule has 4 aliphatic heterocycles. The molecule has 4 heterocycles. The molecule has 1 fully saturated rings. The van der Waals surface area contributed by atoms with Gasteiger partial charge >= 0.3 is 17.9 Å². The highest BCUT2D eigenvalue weighted by Gasteiger charge is 2.51. The van der Waals surface area contributed by atoms with Crippen LogP contribution in [0, 0.1) is 71.0 Å². The highest BCUT2D eigenvalue weighted by Crippen LogP contribution is 2.35. The van der Waals surface area contributed by atoms with Crippen molar-refractivity contribution in [2.75, 3.05) is 84.5 Å². The Morgan fingerprint density at radius 1 is 0.465 bits per heavy atom. The summed E-state index contributed by atoms with van der Waals surface area (Å²) in [6.07, 6.45) is 9.34. The molecule has 1 amide bonds. The highest BCUT2D eigenvalue weighted by molar-refractivity contribution is 7.93. The minimum Gasteiger partial charge on any atom is -0.508 e. The number of carboxylic acids is 1. The van der Waals surface area contributed by atoms with Crippen LogP contribution in [0.1, 0.15) is 190 Å². The van der Waals surface area contributed by atoms with Crippen molar-refractivity contribution in [1.29, 1.82) is 0 Å². The molecule has 7 unspecified atom stereocenters. The van der Waals surface area contributed by atoms with Gasteiger partial charge in [-0.05, 0) is 270 Å². The van der Waals surface area contributed by atoms with Gasteiger partial charge in [0.15, 0.2) is 64.6 Å². The molecule has 0 aromatic heterocycles. The van der Waals surface area contributed by atoms with Crippen LogP contribution >= 0.6 is 0 Å². The standard InChI is InChI=1S/C23H30N2O7S.C20H25NO6S.C18H21NO6S.C11H11NO2.C11H10O2.C9H16O4S.C7H6O2.C4H6O/c1-4-5-13-29-18-11-9-17(10-12-18)20-15-19(31-24-20)16-23(2,33(3,27)28)22(26)25-32-21-8-6-7-14-30-21;1-5-7-12-26-16-10-8-15(9-11-16)18-13-17(27-21-18)14-20(3,28(4,23)24)19(22)25-6-2;1-4-5-10-24-14-8-6-13(7-9-14)16-11-15(25-19-16)12-18(2,17(20)21)26(3,22)23;1-2-3-8-14-11-6-4-10(5-7-11)9-12-13;1-2-3-8-13-11-6-4-10(9-12)5-7-11;1-5-7-9(3,14(4,11)12)8(10)13-6-2;8-5-6-1-3-7(9)4-2-6;1-2-3-4-5/h9-12,19,21H,6-8,13-16H2,1-3H3,(H,25,26);8-11,17H,6,12-14H2,1-4H3;6-9,15H,10-12H2,1-3H3,(H,20,21);4-7,9,13H,8H2,1H3;4-7,9H,8H2,1H3;5H,1,6-7H2,2-4H3;1-5,9H;5H,4H2,1H3/b;;;12-9+;;;;/t;;;;;9-;;/m.....1../s1. The van der Waals surface area contributed by atoms with E-state index >= 15 is 0 Å². The number of benzene rings is 6. The summed E-state index contributed by atoms with van der Waals surface area (Å²) in [6.45, 7) is 24.9. The summed E-state index contributed by atoms with van der Waals surface area (Å²) in [5, 5.41) is 49.3. The van der Waals surface area contributed by atoms with Crippen molar-refractivity contribution in [3.05, 3.63) is 192 Å². The number of allylic oxidation sites excluding steroid dienone is 1. The number of phenols is 1. The van der Waals surface area contributed by atoms with E-state index in [1.165, 1.54) is 52.1 Å². The largest absolute Gasteiger partial charge is 0.508 e. The molecule has 5 N–H and O–H groups in total. The van der Waals surface area contributed by atoms with E-state index in [2.05, 4.69) is 104 Å². The van der Waals surface area contributed by atoms with Crippen LogP contribution in [0.2, 0.25) is 0 Å². The molecule has 766 valence electrons. The molecule has 8 atom stereocenters. The van der Waals surface area contributed by atoms with Crippen molar-refractivity contribution in [2.45, 2.75) is 191 Å². The van der Waals surface area contributed by atoms with Crippen LogP contribution in [0.3, 0.4) is 0 Å². The van der Waals surface area contributed by atoms with Crippen LogP contribution in [0.4, 0.5) is 0 Å². The van der Waals surface area contributed by atoms with Gasteiger partial charge in [-0.25, -0.2) is 44.0 Å². The number of hydroxylamine groups is 1. The smallest absolute Gasteiger partial charge is 0.327 e. The van der Waals surface area contributed by atoms with Crippen molar-refractivity contribution in [1.82, 2.24) is 5.48 Å². The molecule has 39 heteroatoms. The lowest BCUT2D eigenvalue weighted by Gasteiger charge is -2.29. The lowest BCUT2D eigenvalue weighted by atomic mass is 9.96. The topological polar surface area (TPSA) is 492 Å². The van der Waals surface area contributed by atoms with Gasteiger partial charge in [0.1, 0.15) is 105 Å². The number of carboxylic acid groups (broad SMARTS) is 1. The third kappa shape index (κ3) is 41.8. The number of aromatic hydroxyl groups is 1. The minimum absolute atomic E-state index is 0.0174. The van der Waals surface area contributed by atoms with Crippen LogP contribution in [0.25, 0.3) is 0 Å². The van der Waals surface area contributed by atoms with Gasteiger partial charge in [-0.3, -0.25) is 28.8 Å². The molecule has 6 aromatic carbocycles. The number of aliphatic hydroxyl groups is 1. The molecule has 6 aromatic rings. The molecular formula is C103H125N5O30S4. The van der Waals surface area contributed by atoms with E-state index < -0.39 is 107 Å². The van der Waals surface area contributed by atoms with Crippen LogP contribution in [-0.2, 0) is 92.1 Å². The average molecular weight is 2040 g/mol. The summed E-state index contributed by atoms with van der Waals surface area (Å²) in [7, 11) is -14.8. The first kappa shape index (κ1) is 122. The molecule has 10 rings (SSSR count). The highest BCUT2D eigenvalue weighted by atomic mass is 32.2. The minimum atomic E-state index is -3.81. The molecular weight excluding hydrogens is 1920 g/mol. The van der Waals surface area contributed by atoms with Gasteiger partial charge in [0.2, 0.25) is 0 Å². The number of nitrogens with zero attached hydrogens (tertiary/aromatic N) is 4. The van der Waals surface area contributed by atoms with Gasteiger partial charge in [-0.15, -0.1) is 42.1 Å². The summed E-state index contributed by atoms with van der Waals surface area (Å²) in [6, 6.07) is 42.0. The molecule has 0 radical (unpaired) electrons. The maximum absolute atomic E-state index is 12.9. The Morgan fingerprint density at radius 3 is 1.05 bits per heavy atom. The summed E-state index contributed by atoms with van der Waals surface area (Å²) in [5.41, 5.74) is 8.79. The molecule has 1 saturated heterocycles. The molecule has 0 saturated carbocycles. The molecule has 142 heavy (non-hydrogen) atoms. The van der Waals surface area contributed by atoms with Crippen molar-refractivity contribution in [3.8, 4) is 106 Å². The number of oxime groups is 4. The number of phenolic OH excluding ortho intramolecular Hbond substituents is 1. The van der Waals surface area contributed by atoms with Crippen molar-refractivity contribution >= 4 is 99.1 Å². The molecule has 0 bridgehead atoms. The SMILES string of the molecule is C=CC[C@](C)(C(=O)OCC)S(C)(=O)=O.CC#CCO.CC#CCOc1ccc(/C=N/O)cc1.CC#CCOc1ccc(C2=NOC(CC(C)(C(=O)NOC3CCCCO3)S(C)(=O)=O)C2)cc1.CC#CCOc1ccc(C2=NOC(CC(C)(C(=O)O)S(C)(=O)=O)C2)cc1.CC#CCOc1ccc(C2=NOC(CC(C)(C(=O)OCC)S(C)(=O)=O)C2)cc1.CC#CCOc1ccc(C=O)cc1.O=Cc1ccc(O)cc1. The second kappa shape index (κ2) is 62.9. The first-order valence-corrected chi connectivity index (χ1v) is 51.7. The number of carbonyl (C=O) groups excluding carboxylic acids is 5. The van der Waals surface area contributed by atoms with Crippen LogP contribution in [0.5, 0.6) is 34.5 Å². The number of amides is 1. The van der Waals surface area contributed by atoms with Crippen molar-refractivity contribution in [2.24, 2.45) is 20.6 Å². The fourth-order valence-electron chi connectivity index (χ4n) is 12.1. The number of aliphatic carboxylic acids is 1. The fraction of sp³-hybridized carbons (Fsp3) is 0.417. The number of nitrogens with one attached hydrogen (secondary N) is 1. The maximum atomic E-state index is 12.9. The molecule has 35 nitrogen and oxygen atoms in total. The third-order valence-electron chi connectivity index (χ3n) is 21.0. The van der Waals surface area contributed by atoms with E-state index in [1.54, 1.807) is 140 Å². The number of hydrogen-bond donors (Lipinski definition) is 5. The van der Waals surface area contributed by atoms with Crippen molar-refractivity contribution < 1.29 is 140 Å². The predicted molar refractivity (Wildman–Crippen MR) is 539 cm³/mol. The van der Waals surface area contributed by atoms with E-state index in [0.717, 1.165) is 84.2 Å². The van der Waals surface area contributed by atoms with E-state index in [4.69, 9.17) is 72.7 Å². The van der Waals surface area contributed by atoms with Gasteiger partial charge in [-0.1, -0.05) is 62.2 Å². The molecule has 0 aliphatic carbocycles. The van der Waals surface area contributed by atoms with E-state index in [-0.39, 0.29) is 51.3 Å². The van der Waals surface area contributed by atoms with E-state index in [9.17, 15) is 67.5 Å². The maximum Gasteiger partial charge on any atom is 0.327 e. The summed E-state index contributed by atoms with van der Waals surface area (Å²) >= 11 is 0. The predicted octanol–water partition coefficient (Wildman–Crippen LogP) is 12.5. The first-order valence-electron chi connectivity index (χ1n) is 44.1. The second-order valence-electron chi connectivity index (χ2n) is 31.6. The Morgan fingerprint density at radius 2 is 0.775 bits per heavy atom. The Hall–Kier alpha value is -14.0. The average Bonchev–Trinajstić information content (AvgIpc) is 1.42. The van der Waals surface area contributed by atoms with Crippen molar-refractivity contribution in [3.63, 3.8) is 0 Å². The van der Waals surface area contributed by atoms with Gasteiger partial charge in [0.05, 0.1) is 36.6 Å². The number of rotatable bonds is 36. The number of aliphatic hydroxyl groups excluding tert-OH is 1. The number of carbonyl (C=O) groups is 6. The quantitative estimate of drug-likeness (QED) is 0.00464. The summed E-state index contributed by atoms with van der Waals surface area (Å²) in [4.78, 5) is 89.9.